The van der Waals surface area contributed by atoms with Crippen LogP contribution in [0.4, 0.5) is 5.82 Å². The number of anilines is 1. The molecule has 1 N–H and O–H groups in total. The first kappa shape index (κ1) is 11.0. The Morgan fingerprint density at radius 2 is 2.06 bits per heavy atom. The van der Waals surface area contributed by atoms with Crippen LogP contribution in [0.2, 0.25) is 0 Å². The zero-order valence-electron chi connectivity index (χ0n) is 10.3. The van der Waals surface area contributed by atoms with E-state index in [1.54, 1.807) is 0 Å². The third-order valence-electron chi connectivity index (χ3n) is 4.29. The van der Waals surface area contributed by atoms with Gasteiger partial charge in [0, 0.05) is 24.8 Å². The molecule has 2 unspecified atom stereocenters. The van der Waals surface area contributed by atoms with E-state index >= 15 is 0 Å². The summed E-state index contributed by atoms with van der Waals surface area (Å²) in [5.74, 6) is 2.72. The van der Waals surface area contributed by atoms with Gasteiger partial charge in [-0.25, -0.2) is 4.98 Å². The van der Waals surface area contributed by atoms with E-state index in [0.29, 0.717) is 0 Å². The Kier molecular flexibility index (Phi) is 2.79. The highest BCUT2D eigenvalue weighted by Crippen LogP contribution is 2.40. The average molecular weight is 232 g/mol. The van der Waals surface area contributed by atoms with Crippen molar-refractivity contribution in [2.45, 2.75) is 32.3 Å². The van der Waals surface area contributed by atoms with Crippen molar-refractivity contribution >= 4 is 5.82 Å². The molecule has 1 aliphatic heterocycles. The molecular weight excluding hydrogens is 212 g/mol. The van der Waals surface area contributed by atoms with Crippen LogP contribution in [0.15, 0.2) is 18.3 Å². The van der Waals surface area contributed by atoms with Crippen molar-refractivity contribution in [1.29, 1.82) is 0 Å². The summed E-state index contributed by atoms with van der Waals surface area (Å²) in [6.07, 6.45) is 5.54. The van der Waals surface area contributed by atoms with Crippen LogP contribution in [0, 0.1) is 11.8 Å². The molecule has 3 rings (SSSR count). The van der Waals surface area contributed by atoms with E-state index in [4.69, 9.17) is 0 Å². The van der Waals surface area contributed by atoms with Crippen molar-refractivity contribution in [3.05, 3.63) is 23.9 Å². The van der Waals surface area contributed by atoms with Crippen molar-refractivity contribution in [1.82, 2.24) is 4.98 Å². The Hall–Kier alpha value is -1.09. The summed E-state index contributed by atoms with van der Waals surface area (Å²) in [5, 5.41) is 9.80. The quantitative estimate of drug-likeness (QED) is 0.850. The van der Waals surface area contributed by atoms with Crippen molar-refractivity contribution in [2.75, 3.05) is 18.0 Å². The van der Waals surface area contributed by atoms with E-state index in [1.165, 1.54) is 19.3 Å². The van der Waals surface area contributed by atoms with Crippen LogP contribution >= 0.6 is 0 Å². The van der Waals surface area contributed by atoms with Crippen LogP contribution in [-0.2, 0) is 0 Å². The second-order valence-corrected chi connectivity index (χ2v) is 5.45. The van der Waals surface area contributed by atoms with Gasteiger partial charge in [0.15, 0.2) is 0 Å². The topological polar surface area (TPSA) is 36.4 Å². The van der Waals surface area contributed by atoms with Crippen molar-refractivity contribution in [3.8, 4) is 0 Å². The summed E-state index contributed by atoms with van der Waals surface area (Å²) >= 11 is 0. The smallest absolute Gasteiger partial charge is 0.134 e. The summed E-state index contributed by atoms with van der Waals surface area (Å²) < 4.78 is 0. The van der Waals surface area contributed by atoms with Crippen molar-refractivity contribution in [3.63, 3.8) is 0 Å². The summed E-state index contributed by atoms with van der Waals surface area (Å²) in [5.41, 5.74) is 0.965. The van der Waals surface area contributed by atoms with Crippen LogP contribution < -0.4 is 4.90 Å². The average Bonchev–Trinajstić information content (AvgIpc) is 2.88. The maximum absolute atomic E-state index is 9.80. The number of fused-ring (bicyclic) bond motifs is 1. The maximum atomic E-state index is 9.80. The second kappa shape index (κ2) is 4.30. The summed E-state index contributed by atoms with van der Waals surface area (Å²) in [7, 11) is 0. The number of nitrogens with zero attached hydrogens (tertiary/aromatic N) is 2. The van der Waals surface area contributed by atoms with Crippen LogP contribution in [-0.4, -0.2) is 23.2 Å². The van der Waals surface area contributed by atoms with E-state index in [-0.39, 0.29) is 0 Å². The standard InChI is InChI=1S/C14H20N2O/c1-10(17)13-6-3-7-15-14(13)16-8-11-4-2-5-12(11)9-16/h3,6-7,10-12,17H,2,4-5,8-9H2,1H3/t10-,11?,12?/m1/s1. The van der Waals surface area contributed by atoms with Crippen LogP contribution in [0.5, 0.6) is 0 Å². The zero-order valence-corrected chi connectivity index (χ0v) is 10.3. The highest BCUT2D eigenvalue weighted by molar-refractivity contribution is 5.49. The molecule has 1 aromatic rings. The molecule has 2 aliphatic rings. The predicted molar refractivity (Wildman–Crippen MR) is 67.9 cm³/mol. The van der Waals surface area contributed by atoms with Gasteiger partial charge in [-0.1, -0.05) is 12.5 Å². The fourth-order valence-corrected chi connectivity index (χ4v) is 3.41. The monoisotopic (exact) mass is 232 g/mol. The van der Waals surface area contributed by atoms with Gasteiger partial charge in [0.05, 0.1) is 6.10 Å². The first-order chi connectivity index (χ1) is 8.25. The Labute approximate surface area is 102 Å². The molecule has 0 spiro atoms. The Morgan fingerprint density at radius 1 is 1.35 bits per heavy atom. The van der Waals surface area contributed by atoms with E-state index in [0.717, 1.165) is 36.3 Å². The van der Waals surface area contributed by atoms with Gasteiger partial charge < -0.3 is 10.0 Å². The zero-order chi connectivity index (χ0) is 11.8. The minimum atomic E-state index is -0.431. The molecule has 17 heavy (non-hydrogen) atoms. The Morgan fingerprint density at radius 3 is 2.71 bits per heavy atom. The van der Waals surface area contributed by atoms with Crippen LogP contribution in [0.3, 0.4) is 0 Å². The first-order valence-electron chi connectivity index (χ1n) is 6.63. The lowest BCUT2D eigenvalue weighted by Gasteiger charge is -2.22. The van der Waals surface area contributed by atoms with Crippen molar-refractivity contribution in [2.24, 2.45) is 11.8 Å². The second-order valence-electron chi connectivity index (χ2n) is 5.45. The number of hydrogen-bond acceptors (Lipinski definition) is 3. The van der Waals surface area contributed by atoms with E-state index < -0.39 is 6.10 Å². The van der Waals surface area contributed by atoms with Gasteiger partial charge in [-0.15, -0.1) is 0 Å². The highest BCUT2D eigenvalue weighted by atomic mass is 16.3. The fraction of sp³-hybridized carbons (Fsp3) is 0.643. The molecule has 92 valence electrons. The van der Waals surface area contributed by atoms with Gasteiger partial charge in [-0.2, -0.15) is 0 Å². The first-order valence-corrected chi connectivity index (χ1v) is 6.63. The molecule has 0 aromatic carbocycles. The fourth-order valence-electron chi connectivity index (χ4n) is 3.41. The van der Waals surface area contributed by atoms with Gasteiger partial charge in [-0.05, 0) is 37.7 Å². The molecule has 2 fully saturated rings. The molecule has 3 heteroatoms. The molecule has 3 atom stereocenters. The Balaban J connectivity index is 1.85. The molecule has 3 nitrogen and oxygen atoms in total. The van der Waals surface area contributed by atoms with Gasteiger partial charge in [0.1, 0.15) is 5.82 Å². The lowest BCUT2D eigenvalue weighted by atomic mass is 10.0. The van der Waals surface area contributed by atoms with Gasteiger partial charge in [0.25, 0.3) is 0 Å². The summed E-state index contributed by atoms with van der Waals surface area (Å²) in [4.78, 5) is 6.85. The molecule has 1 aromatic heterocycles. The van der Waals surface area contributed by atoms with E-state index in [1.807, 2.05) is 25.3 Å². The number of rotatable bonds is 2. The molecule has 1 saturated heterocycles. The number of aliphatic hydroxyl groups excluding tert-OH is 1. The summed E-state index contributed by atoms with van der Waals surface area (Å²) in [6, 6.07) is 3.89. The van der Waals surface area contributed by atoms with E-state index in [9.17, 15) is 5.11 Å². The Bertz CT molecular complexity index is 393. The molecule has 0 radical (unpaired) electrons. The van der Waals surface area contributed by atoms with Gasteiger partial charge >= 0.3 is 0 Å². The van der Waals surface area contributed by atoms with Crippen LogP contribution in [0.1, 0.15) is 37.9 Å². The molecular formula is C14H20N2O. The van der Waals surface area contributed by atoms with Gasteiger partial charge in [-0.3, -0.25) is 0 Å². The highest BCUT2D eigenvalue weighted by Gasteiger charge is 2.37. The number of aromatic nitrogens is 1. The predicted octanol–water partition coefficient (Wildman–Crippen LogP) is 2.37. The normalized spacial score (nSPS) is 29.4. The number of aliphatic hydroxyl groups is 1. The largest absolute Gasteiger partial charge is 0.389 e. The molecule has 0 bridgehead atoms. The maximum Gasteiger partial charge on any atom is 0.134 e. The number of pyridine rings is 1. The van der Waals surface area contributed by atoms with E-state index in [2.05, 4.69) is 9.88 Å². The molecule has 1 aliphatic carbocycles. The SMILES string of the molecule is C[C@@H](O)c1cccnc1N1CC2CCCC2C1. The minimum Gasteiger partial charge on any atom is -0.389 e. The van der Waals surface area contributed by atoms with Crippen molar-refractivity contribution < 1.29 is 5.11 Å². The number of hydrogen-bond donors (Lipinski definition) is 1. The lowest BCUT2D eigenvalue weighted by molar-refractivity contribution is 0.199. The third-order valence-corrected chi connectivity index (χ3v) is 4.29. The van der Waals surface area contributed by atoms with Crippen LogP contribution in [0.25, 0.3) is 0 Å². The molecule has 1 saturated carbocycles. The minimum absolute atomic E-state index is 0.431. The molecule has 2 heterocycles. The lowest BCUT2D eigenvalue weighted by Crippen LogP contribution is -2.23. The summed E-state index contributed by atoms with van der Waals surface area (Å²) in [6.45, 7) is 4.07. The van der Waals surface area contributed by atoms with Gasteiger partial charge in [0.2, 0.25) is 0 Å². The third kappa shape index (κ3) is 1.93. The molecule has 0 amide bonds.